The van der Waals surface area contributed by atoms with E-state index in [2.05, 4.69) is 27.2 Å². The number of aromatic nitrogens is 2. The first-order chi connectivity index (χ1) is 26.6. The van der Waals surface area contributed by atoms with Crippen molar-refractivity contribution in [2.75, 3.05) is 13.7 Å². The third-order valence-corrected chi connectivity index (χ3v) is 15.6. The highest BCUT2D eigenvalue weighted by atomic mass is 32.2. The summed E-state index contributed by atoms with van der Waals surface area (Å²) in [5.74, 6) is -1.24. The summed E-state index contributed by atoms with van der Waals surface area (Å²) in [4.78, 5) is 59.8. The average molecular weight is 793 g/mol. The minimum Gasteiger partial charge on any atom is -0.479 e. The molecule has 2 unspecified atom stereocenters. The van der Waals surface area contributed by atoms with Crippen molar-refractivity contribution in [3.05, 3.63) is 36.4 Å². The first-order valence-electron chi connectivity index (χ1n) is 20.0. The first kappa shape index (κ1) is 38.4. The fraction of sp³-hybridized carbons (Fsp3) is 0.650. The predicted molar refractivity (Wildman–Crippen MR) is 204 cm³/mol. The third kappa shape index (κ3) is 6.95. The van der Waals surface area contributed by atoms with E-state index in [0.717, 1.165) is 12.8 Å². The lowest BCUT2D eigenvalue weighted by molar-refractivity contribution is -0.145. The number of carboxylic acid groups (broad SMARTS) is 1. The van der Waals surface area contributed by atoms with Gasteiger partial charge in [-0.2, -0.15) is 0 Å². The number of fused-ring (bicyclic) bond motifs is 4. The fourth-order valence-corrected chi connectivity index (χ4v) is 10.9. The van der Waals surface area contributed by atoms with E-state index in [9.17, 15) is 27.9 Å². The van der Waals surface area contributed by atoms with Gasteiger partial charge < -0.3 is 24.8 Å². The van der Waals surface area contributed by atoms with Crippen molar-refractivity contribution in [3.8, 4) is 11.8 Å². The second kappa shape index (κ2) is 14.2. The van der Waals surface area contributed by atoms with Crippen molar-refractivity contribution in [1.82, 2.24) is 30.0 Å². The smallest absolute Gasteiger partial charge is 0.408 e. The van der Waals surface area contributed by atoms with E-state index in [1.807, 2.05) is 43.3 Å². The zero-order chi connectivity index (χ0) is 39.7. The highest BCUT2D eigenvalue weighted by Gasteiger charge is 2.63. The molecule has 4 amide bonds. The Morgan fingerprint density at radius 2 is 1.70 bits per heavy atom. The molecule has 0 bridgehead atoms. The highest BCUT2D eigenvalue weighted by Crippen LogP contribution is 2.54. The quantitative estimate of drug-likeness (QED) is 0.327. The van der Waals surface area contributed by atoms with E-state index in [0.29, 0.717) is 67.0 Å². The largest absolute Gasteiger partial charge is 0.479 e. The Kier molecular flexibility index (Phi) is 9.72. The lowest BCUT2D eigenvalue weighted by Gasteiger charge is -2.40. The summed E-state index contributed by atoms with van der Waals surface area (Å²) in [5.41, 5.74) is -1.55. The molecule has 15 nitrogen and oxygen atoms in total. The normalized spacial score (nSPS) is 35.4. The third-order valence-electron chi connectivity index (χ3n) is 13.4. The number of hydrogen-bond acceptors (Lipinski definition) is 10. The highest BCUT2D eigenvalue weighted by molar-refractivity contribution is 7.91. The second-order valence-electron chi connectivity index (χ2n) is 17.5. The summed E-state index contributed by atoms with van der Waals surface area (Å²) >= 11 is 0. The van der Waals surface area contributed by atoms with Crippen molar-refractivity contribution in [3.63, 3.8) is 0 Å². The Labute approximate surface area is 327 Å². The van der Waals surface area contributed by atoms with Gasteiger partial charge in [-0.1, -0.05) is 38.1 Å². The molecule has 1 aromatic heterocycles. The van der Waals surface area contributed by atoms with Gasteiger partial charge in [0.2, 0.25) is 33.6 Å². The molecule has 0 spiro atoms. The lowest BCUT2D eigenvalue weighted by atomic mass is 9.86. The molecular formula is C40H52N6O9S. The van der Waals surface area contributed by atoms with Crippen LogP contribution in [0.4, 0.5) is 4.79 Å². The lowest BCUT2D eigenvalue weighted by Crippen LogP contribution is -2.61. The van der Waals surface area contributed by atoms with Gasteiger partial charge in [0.25, 0.3) is 5.91 Å². The minimum absolute atomic E-state index is 0.00629. The number of sulfonamides is 1. The molecule has 3 heterocycles. The number of amides is 4. The van der Waals surface area contributed by atoms with Gasteiger partial charge in [0.05, 0.1) is 29.2 Å². The fourth-order valence-electron chi connectivity index (χ4n) is 9.63. The van der Waals surface area contributed by atoms with Crippen LogP contribution in [0, 0.1) is 29.6 Å². The van der Waals surface area contributed by atoms with E-state index in [1.165, 1.54) is 16.9 Å². The van der Waals surface area contributed by atoms with Crippen molar-refractivity contribution >= 4 is 44.6 Å². The number of methoxy groups -OCH3 is 1. The van der Waals surface area contributed by atoms with Crippen molar-refractivity contribution in [2.24, 2.45) is 29.6 Å². The van der Waals surface area contributed by atoms with E-state index < -0.39 is 68.2 Å². The molecule has 2 aliphatic heterocycles. The minimum atomic E-state index is -4.01. The summed E-state index contributed by atoms with van der Waals surface area (Å²) in [5, 5.41) is 23.4. The van der Waals surface area contributed by atoms with Gasteiger partial charge in [0, 0.05) is 18.4 Å². The van der Waals surface area contributed by atoms with Gasteiger partial charge in [0.15, 0.2) is 0 Å². The molecule has 0 radical (unpaired) electrons. The van der Waals surface area contributed by atoms with Crippen LogP contribution in [0.15, 0.2) is 36.4 Å². The molecule has 1 aromatic carbocycles. The summed E-state index contributed by atoms with van der Waals surface area (Å²) in [6.45, 7) is 5.54. The molecule has 16 heteroatoms. The zero-order valence-electron chi connectivity index (χ0n) is 32.3. The van der Waals surface area contributed by atoms with Gasteiger partial charge in [-0.25, -0.2) is 13.2 Å². The number of ether oxygens (including phenoxy) is 2. The van der Waals surface area contributed by atoms with Crippen LogP contribution in [0.5, 0.6) is 11.8 Å². The SMILES string of the molecule is COc1nnc(O[C@@H]2C[C@H]3C(=O)N[C@]4(C(=O)NS(=O)(=O)C5(C)CC5)C[C@H]4/C=C\CC[C@@H](C)C[C@@H](C)[C@H](N(C(=O)O)C4CC5C[C@H]5C4)C(=O)N3C2)c2ccccc12. The molecule has 10 atom stereocenters. The van der Waals surface area contributed by atoms with Crippen LogP contribution in [-0.4, -0.2) is 106 Å². The molecule has 5 fully saturated rings. The van der Waals surface area contributed by atoms with Crippen LogP contribution >= 0.6 is 0 Å². The Balaban J connectivity index is 1.16. The Hall–Kier alpha value is -4.47. The van der Waals surface area contributed by atoms with Crippen LogP contribution in [0.3, 0.4) is 0 Å². The van der Waals surface area contributed by atoms with E-state index in [4.69, 9.17) is 9.47 Å². The summed E-state index contributed by atoms with van der Waals surface area (Å²) < 4.78 is 39.6. The van der Waals surface area contributed by atoms with Crippen LogP contribution in [0.2, 0.25) is 0 Å². The maximum atomic E-state index is 15.2. The molecular weight excluding hydrogens is 741 g/mol. The molecule has 4 aliphatic carbocycles. The number of benzene rings is 1. The number of carbonyl (C=O) groups is 4. The molecule has 8 rings (SSSR count). The Morgan fingerprint density at radius 1 is 1.02 bits per heavy atom. The van der Waals surface area contributed by atoms with Gasteiger partial charge >= 0.3 is 6.09 Å². The molecule has 1 saturated heterocycles. The Bertz CT molecular complexity index is 2060. The molecule has 4 saturated carbocycles. The van der Waals surface area contributed by atoms with Gasteiger partial charge in [0.1, 0.15) is 23.7 Å². The van der Waals surface area contributed by atoms with Gasteiger partial charge in [-0.15, -0.1) is 10.2 Å². The van der Waals surface area contributed by atoms with Crippen LogP contribution in [0.25, 0.3) is 10.8 Å². The zero-order valence-corrected chi connectivity index (χ0v) is 33.2. The topological polar surface area (TPSA) is 197 Å². The van der Waals surface area contributed by atoms with Crippen molar-refractivity contribution in [2.45, 2.75) is 119 Å². The Morgan fingerprint density at radius 3 is 2.36 bits per heavy atom. The van der Waals surface area contributed by atoms with Gasteiger partial charge in [-0.3, -0.25) is 24.0 Å². The second-order valence-corrected chi connectivity index (χ2v) is 19.7. The first-order valence-corrected chi connectivity index (χ1v) is 21.5. The van der Waals surface area contributed by atoms with Crippen LogP contribution in [0.1, 0.15) is 85.0 Å². The maximum absolute atomic E-state index is 15.2. The molecule has 2 aromatic rings. The number of hydrogen-bond donors (Lipinski definition) is 3. The standard InChI is InChI=1S/C40H52N6O9S/c1-22-9-5-6-10-26-20-40(26,37(49)44-56(52,53)39(3)13-14-39)41-33(47)31-19-28(55-35-30-12-8-7-11-29(30)34(54-4)42-43-35)21-45(31)36(48)32(23(2)15-22)46(38(50)51)27-17-24-16-25(24)18-27/h6-8,10-12,22-28,31-32H,5,9,13-21H2,1-4H3,(H,41,47)(H,44,49)(H,50,51)/b10-6-/t22-,23-,24+,25?,26-,27?,28-,31+,32+,40-/m1/s1. The molecule has 6 aliphatic rings. The van der Waals surface area contributed by atoms with Gasteiger partial charge in [-0.05, 0) is 101 Å². The molecule has 56 heavy (non-hydrogen) atoms. The maximum Gasteiger partial charge on any atom is 0.408 e. The monoisotopic (exact) mass is 792 g/mol. The average Bonchev–Trinajstić information content (AvgIpc) is 4.11. The molecule has 3 N–H and O–H groups in total. The number of nitrogens with one attached hydrogen (secondary N) is 2. The number of carbonyl (C=O) groups excluding carboxylic acids is 3. The number of rotatable bonds is 8. The summed E-state index contributed by atoms with van der Waals surface area (Å²) in [7, 11) is -2.52. The van der Waals surface area contributed by atoms with E-state index in [-0.39, 0.29) is 43.1 Å². The number of nitrogens with zero attached hydrogens (tertiary/aromatic N) is 4. The van der Waals surface area contributed by atoms with Crippen molar-refractivity contribution < 1.29 is 42.2 Å². The van der Waals surface area contributed by atoms with Crippen molar-refractivity contribution in [1.29, 1.82) is 0 Å². The summed E-state index contributed by atoms with van der Waals surface area (Å²) in [6.07, 6.45) is 7.45. The van der Waals surface area contributed by atoms with Crippen LogP contribution < -0.4 is 19.5 Å². The van der Waals surface area contributed by atoms with Crippen LogP contribution in [-0.2, 0) is 24.4 Å². The van der Waals surface area contributed by atoms with E-state index >= 15 is 4.79 Å². The van der Waals surface area contributed by atoms with E-state index in [1.54, 1.807) is 6.92 Å². The molecule has 302 valence electrons. The predicted octanol–water partition coefficient (Wildman–Crippen LogP) is 4.02. The summed E-state index contributed by atoms with van der Waals surface area (Å²) in [6, 6.07) is 4.74. The number of allylic oxidation sites excluding steroid dienone is 1.